The second kappa shape index (κ2) is 14.2. The van der Waals surface area contributed by atoms with Crippen molar-refractivity contribution in [3.8, 4) is 39.8 Å². The quantitative estimate of drug-likeness (QED) is 0.124. The molecule has 0 atom stereocenters. The highest BCUT2D eigenvalue weighted by atomic mass is 16.5. The summed E-state index contributed by atoms with van der Waals surface area (Å²) in [5.74, 6) is 2.83. The highest BCUT2D eigenvalue weighted by Gasteiger charge is 2.41. The summed E-state index contributed by atoms with van der Waals surface area (Å²) in [5, 5.41) is 2.33. The fraction of sp³-hybridized carbons (Fsp3) is 0.100. The number of hydrogen-bond acceptors (Lipinski definition) is 2. The Hall–Kier alpha value is -8.02. The predicted octanol–water partition coefficient (Wildman–Crippen LogP) is 13.9. The maximum absolute atomic E-state index is 6.74. The van der Waals surface area contributed by atoms with Gasteiger partial charge in [-0.05, 0) is 110 Å². The van der Waals surface area contributed by atoms with Crippen molar-refractivity contribution in [2.75, 3.05) is 0 Å². The van der Waals surface area contributed by atoms with Crippen molar-refractivity contribution in [2.45, 2.75) is 38.0 Å². The molecule has 3 aliphatic rings. The average Bonchev–Trinajstić information content (AvgIpc) is 3.90. The van der Waals surface area contributed by atoms with Crippen LogP contribution in [0.3, 0.4) is 0 Å². The average molecular weight is 837 g/mol. The van der Waals surface area contributed by atoms with Gasteiger partial charge in [-0.1, -0.05) is 154 Å². The molecule has 0 N–H and O–H groups in total. The van der Waals surface area contributed by atoms with Crippen LogP contribution in [-0.4, -0.2) is 14.1 Å². The van der Waals surface area contributed by atoms with Crippen molar-refractivity contribution in [2.24, 2.45) is 0 Å². The summed E-state index contributed by atoms with van der Waals surface area (Å²) in [7, 11) is 0. The van der Waals surface area contributed by atoms with Crippen molar-refractivity contribution >= 4 is 32.8 Å². The zero-order chi connectivity index (χ0) is 43.4. The smallest absolute Gasteiger partial charge is 0.269 e. The largest absolute Gasteiger partial charge is 0.458 e. The molecule has 0 amide bonds. The molecule has 8 aromatic carbocycles. The Kier molecular flexibility index (Phi) is 8.23. The van der Waals surface area contributed by atoms with Crippen LogP contribution < -0.4 is 9.30 Å². The maximum atomic E-state index is 6.74. The lowest BCUT2D eigenvalue weighted by atomic mass is 9.61. The summed E-state index contributed by atoms with van der Waals surface area (Å²) >= 11 is 0. The van der Waals surface area contributed by atoms with E-state index in [2.05, 4.69) is 229 Å². The monoisotopic (exact) mass is 836 g/mol. The van der Waals surface area contributed by atoms with E-state index in [9.17, 15) is 0 Å². The Morgan fingerprint density at radius 3 is 1.95 bits per heavy atom. The minimum Gasteiger partial charge on any atom is -0.458 e. The molecule has 0 spiro atoms. The number of benzene rings is 8. The van der Waals surface area contributed by atoms with E-state index in [0.29, 0.717) is 0 Å². The summed E-state index contributed by atoms with van der Waals surface area (Å²) in [6, 6.07) is 70.0. The Labute approximate surface area is 378 Å². The Balaban J connectivity index is 0.878. The van der Waals surface area contributed by atoms with E-state index in [0.717, 1.165) is 61.7 Å². The highest BCUT2D eigenvalue weighted by molar-refractivity contribution is 6.09. The Morgan fingerprint density at radius 2 is 1.17 bits per heavy atom. The molecule has 0 saturated carbocycles. The number of hydrogen-bond donors (Lipinski definition) is 0. The van der Waals surface area contributed by atoms with Crippen LogP contribution in [0.25, 0.3) is 61.2 Å². The molecule has 3 heterocycles. The van der Waals surface area contributed by atoms with E-state index < -0.39 is 0 Å². The first-order valence-electron chi connectivity index (χ1n) is 22.5. The van der Waals surface area contributed by atoms with E-state index in [1.807, 2.05) is 12.3 Å². The van der Waals surface area contributed by atoms with Gasteiger partial charge in [0.1, 0.15) is 17.3 Å². The summed E-state index contributed by atoms with van der Waals surface area (Å²) in [6.45, 7) is 6.71. The molecule has 3 aliphatic carbocycles. The lowest BCUT2D eigenvalue weighted by Crippen LogP contribution is -2.30. The van der Waals surface area contributed by atoms with Crippen LogP contribution in [0.5, 0.6) is 11.5 Å². The number of fused-ring (bicyclic) bond motifs is 4. The molecule has 14 rings (SSSR count). The second-order valence-electron chi connectivity index (χ2n) is 18.5. The fourth-order valence-electron chi connectivity index (χ4n) is 10.8. The molecule has 0 fully saturated rings. The van der Waals surface area contributed by atoms with Crippen LogP contribution in [0.4, 0.5) is 0 Å². The third-order valence-corrected chi connectivity index (χ3v) is 13.8. The van der Waals surface area contributed by atoms with Gasteiger partial charge in [-0.3, -0.25) is 13.7 Å². The van der Waals surface area contributed by atoms with Crippen molar-refractivity contribution in [3.05, 3.63) is 246 Å². The second-order valence-corrected chi connectivity index (χ2v) is 18.5. The summed E-state index contributed by atoms with van der Waals surface area (Å²) < 4.78 is 13.4. The molecule has 3 aromatic heterocycles. The van der Waals surface area contributed by atoms with Gasteiger partial charge in [0, 0.05) is 34.9 Å². The van der Waals surface area contributed by atoms with Crippen LogP contribution in [-0.2, 0) is 5.41 Å². The topological polar surface area (TPSA) is 35.9 Å². The molecule has 2 bridgehead atoms. The number of ether oxygens (including phenoxy) is 1. The van der Waals surface area contributed by atoms with E-state index >= 15 is 0 Å². The molecule has 0 saturated heterocycles. The first kappa shape index (κ1) is 37.5. The predicted molar refractivity (Wildman–Crippen MR) is 261 cm³/mol. The van der Waals surface area contributed by atoms with Gasteiger partial charge in [-0.2, -0.15) is 0 Å². The SMILES string of the molecule is CC(C)(C)c1ccnc(-n2c3ccccc3c3ccc(Oc4cccc(-n5[c-][n+](-c6ccccc6-c6ccc7c(c6)C6c8ccccc8C7c7ccccc76)c6ccccc65)c4)cc32)c1. The molecule has 5 heteroatoms. The molecular weight excluding hydrogens is 793 g/mol. The summed E-state index contributed by atoms with van der Waals surface area (Å²) in [4.78, 5) is 4.88. The van der Waals surface area contributed by atoms with Gasteiger partial charge in [0.05, 0.1) is 33.4 Å². The van der Waals surface area contributed by atoms with Crippen molar-refractivity contribution in [1.82, 2.24) is 14.1 Å². The van der Waals surface area contributed by atoms with Crippen LogP contribution in [0.1, 0.15) is 71.6 Å². The molecular formula is C60H44N4O. The van der Waals surface area contributed by atoms with Gasteiger partial charge < -0.3 is 4.74 Å². The molecule has 65 heavy (non-hydrogen) atoms. The van der Waals surface area contributed by atoms with Gasteiger partial charge in [0.2, 0.25) is 0 Å². The zero-order valence-corrected chi connectivity index (χ0v) is 36.4. The highest BCUT2D eigenvalue weighted by Crippen LogP contribution is 2.56. The number of rotatable bonds is 6. The first-order chi connectivity index (χ1) is 31.9. The Bertz CT molecular complexity index is 3670. The van der Waals surface area contributed by atoms with E-state index in [1.54, 1.807) is 0 Å². The van der Waals surface area contributed by atoms with Crippen LogP contribution in [0.15, 0.2) is 200 Å². The van der Waals surface area contributed by atoms with E-state index in [-0.39, 0.29) is 17.3 Å². The number of para-hydroxylation sites is 4. The van der Waals surface area contributed by atoms with Gasteiger partial charge in [-0.25, -0.2) is 4.98 Å². The maximum Gasteiger partial charge on any atom is 0.269 e. The standard InChI is InChI=1S/C60H44N4O/c1-60(2,3)39-31-32-61-57(34-39)64-53-24-11-9-18-44(53)45-30-28-42(36-56(45)64)65-41-16-14-15-40(35-41)62-37-63(55-26-13-12-25-54(55)62)52-23-10-8-17-43(52)38-27-29-50-51(33-38)59-48-21-6-4-19-46(48)58(50)47-20-5-7-22-49(47)59/h4-36,58-59H,1-3H3. The zero-order valence-electron chi connectivity index (χ0n) is 36.4. The van der Waals surface area contributed by atoms with Crippen molar-refractivity contribution < 1.29 is 9.30 Å². The van der Waals surface area contributed by atoms with Crippen LogP contribution in [0, 0.1) is 6.33 Å². The summed E-state index contributed by atoms with van der Waals surface area (Å²) in [6.07, 6.45) is 5.71. The molecule has 310 valence electrons. The molecule has 0 radical (unpaired) electrons. The molecule has 0 unspecified atom stereocenters. The number of nitrogens with zero attached hydrogens (tertiary/aromatic N) is 4. The molecule has 11 aromatic rings. The molecule has 5 nitrogen and oxygen atoms in total. The van der Waals surface area contributed by atoms with Gasteiger partial charge >= 0.3 is 0 Å². The normalized spacial score (nSPS) is 15.0. The van der Waals surface area contributed by atoms with Crippen LogP contribution in [0.2, 0.25) is 0 Å². The Morgan fingerprint density at radius 1 is 0.523 bits per heavy atom. The molecule has 0 aliphatic heterocycles. The minimum atomic E-state index is -0.00977. The summed E-state index contributed by atoms with van der Waals surface area (Å²) in [5.41, 5.74) is 18.4. The third kappa shape index (κ3) is 5.85. The number of aromatic nitrogens is 4. The number of pyridine rings is 1. The van der Waals surface area contributed by atoms with E-state index in [1.165, 1.54) is 49.9 Å². The fourth-order valence-corrected chi connectivity index (χ4v) is 10.8. The minimum absolute atomic E-state index is 0.00977. The van der Waals surface area contributed by atoms with E-state index in [4.69, 9.17) is 9.72 Å². The van der Waals surface area contributed by atoms with Crippen molar-refractivity contribution in [1.29, 1.82) is 0 Å². The van der Waals surface area contributed by atoms with Gasteiger partial charge in [0.25, 0.3) is 6.33 Å². The van der Waals surface area contributed by atoms with Gasteiger partial charge in [-0.15, -0.1) is 0 Å². The lowest BCUT2D eigenvalue weighted by molar-refractivity contribution is -0.571. The van der Waals surface area contributed by atoms with Gasteiger partial charge in [0.15, 0.2) is 0 Å². The van der Waals surface area contributed by atoms with Crippen molar-refractivity contribution in [3.63, 3.8) is 0 Å². The van der Waals surface area contributed by atoms with Crippen LogP contribution >= 0.6 is 0 Å². The first-order valence-corrected chi connectivity index (χ1v) is 22.5. The third-order valence-electron chi connectivity index (χ3n) is 13.8. The lowest BCUT2D eigenvalue weighted by Gasteiger charge is -2.42. The number of imidazole rings is 1.